The minimum absolute atomic E-state index is 0.0100. The molecule has 2 heterocycles. The Hall–Kier alpha value is -1.22. The highest BCUT2D eigenvalue weighted by molar-refractivity contribution is 6.74. The molecule has 8 heteroatoms. The number of hydrogen-bond donors (Lipinski definition) is 2. The smallest absolute Gasteiger partial charge is 0.330 e. The Kier molecular flexibility index (Phi) is 5.73. The Bertz CT molecular complexity index is 745. The van der Waals surface area contributed by atoms with Gasteiger partial charge in [0.15, 0.2) is 14.5 Å². The Morgan fingerprint density at radius 2 is 2.00 bits per heavy atom. The molecule has 4 atom stereocenters. The van der Waals surface area contributed by atoms with Crippen LogP contribution in [0.5, 0.6) is 0 Å². The number of aliphatic hydroxyl groups is 1. The Balaban J connectivity index is 2.52. The van der Waals surface area contributed by atoms with Gasteiger partial charge in [-0.05, 0) is 24.6 Å². The van der Waals surface area contributed by atoms with Gasteiger partial charge in [0.1, 0.15) is 0 Å². The molecule has 7 nitrogen and oxygen atoms in total. The summed E-state index contributed by atoms with van der Waals surface area (Å²) < 4.78 is 14.2. The van der Waals surface area contributed by atoms with Crippen molar-refractivity contribution in [1.82, 2.24) is 9.55 Å². The lowest BCUT2D eigenvalue weighted by Crippen LogP contribution is -2.48. The average Bonchev–Trinajstić information content (AvgIpc) is 2.79. The number of H-pyrrole nitrogens is 1. The molecule has 1 aliphatic heterocycles. The van der Waals surface area contributed by atoms with Gasteiger partial charge in [0.25, 0.3) is 5.56 Å². The minimum atomic E-state index is -2.15. The van der Waals surface area contributed by atoms with Crippen LogP contribution in [0.15, 0.2) is 21.9 Å². The number of aromatic nitrogens is 2. The Labute approximate surface area is 155 Å². The van der Waals surface area contributed by atoms with Gasteiger partial charge >= 0.3 is 5.69 Å². The van der Waals surface area contributed by atoms with Crippen molar-refractivity contribution in [3.8, 4) is 0 Å². The summed E-state index contributed by atoms with van der Waals surface area (Å²) in [5, 5.41) is 10.0. The summed E-state index contributed by atoms with van der Waals surface area (Å²) in [4.78, 5) is 26.1. The van der Waals surface area contributed by atoms with Gasteiger partial charge < -0.3 is 14.3 Å². The first-order valence-corrected chi connectivity index (χ1v) is 12.1. The van der Waals surface area contributed by atoms with Crippen LogP contribution in [0.4, 0.5) is 0 Å². The monoisotopic (exact) mass is 384 g/mol. The normalized spacial score (nSPS) is 29.9. The maximum Gasteiger partial charge on any atom is 0.330 e. The van der Waals surface area contributed by atoms with Gasteiger partial charge in [-0.15, -0.1) is 0 Å². The number of ether oxygens (including phenoxy) is 1. The summed E-state index contributed by atoms with van der Waals surface area (Å²) in [6.07, 6.45) is 0.933. The molecule has 0 aliphatic carbocycles. The molecule has 0 saturated carbocycles. The molecule has 0 radical (unpaired) electrons. The van der Waals surface area contributed by atoms with Crippen molar-refractivity contribution < 1.29 is 14.3 Å². The summed E-state index contributed by atoms with van der Waals surface area (Å²) in [6, 6.07) is 1.30. The molecule has 1 aromatic rings. The Morgan fingerprint density at radius 1 is 1.38 bits per heavy atom. The SMILES string of the molecule is CC[C@@]1(CO)O[C@@H](n2ccc(=O)[nH]c2=O)C(O[Si](C)(C)C(C)(C)C)[C@@H]1C. The number of nitrogens with one attached hydrogen (secondary N) is 1. The van der Waals surface area contributed by atoms with Crippen molar-refractivity contribution in [2.24, 2.45) is 5.92 Å². The van der Waals surface area contributed by atoms with E-state index in [4.69, 9.17) is 9.16 Å². The molecule has 1 aliphatic rings. The van der Waals surface area contributed by atoms with Gasteiger partial charge in [-0.3, -0.25) is 14.3 Å². The second kappa shape index (κ2) is 7.07. The molecular formula is C18H32N2O5Si. The number of aromatic amines is 1. The van der Waals surface area contributed by atoms with Gasteiger partial charge in [-0.25, -0.2) is 4.79 Å². The van der Waals surface area contributed by atoms with Crippen LogP contribution >= 0.6 is 0 Å². The summed E-state index contributed by atoms with van der Waals surface area (Å²) in [7, 11) is -2.15. The topological polar surface area (TPSA) is 93.5 Å². The van der Waals surface area contributed by atoms with Crippen molar-refractivity contribution in [3.05, 3.63) is 33.1 Å². The van der Waals surface area contributed by atoms with Crippen LogP contribution in [0.1, 0.15) is 47.3 Å². The molecule has 1 fully saturated rings. The van der Waals surface area contributed by atoms with E-state index in [0.717, 1.165) is 0 Å². The molecule has 26 heavy (non-hydrogen) atoms. The van der Waals surface area contributed by atoms with Gasteiger partial charge in [-0.2, -0.15) is 0 Å². The molecule has 0 bridgehead atoms. The molecule has 0 spiro atoms. The van der Waals surface area contributed by atoms with Crippen molar-refractivity contribution in [3.63, 3.8) is 0 Å². The second-order valence-electron chi connectivity index (χ2n) is 8.73. The predicted molar refractivity (Wildman–Crippen MR) is 103 cm³/mol. The molecule has 2 N–H and O–H groups in total. The molecule has 2 rings (SSSR count). The van der Waals surface area contributed by atoms with Crippen molar-refractivity contribution in [2.75, 3.05) is 6.61 Å². The first kappa shape index (κ1) is 21.1. The van der Waals surface area contributed by atoms with Gasteiger partial charge in [0, 0.05) is 18.2 Å². The fourth-order valence-corrected chi connectivity index (χ4v) is 4.53. The van der Waals surface area contributed by atoms with E-state index < -0.39 is 37.5 Å². The standard InChI is InChI=1S/C18H32N2O5Si/c1-8-18(11-21)12(2)14(25-26(6,7)17(3,4)5)15(24-18)20-10-9-13(22)19-16(20)23/h9-10,12,14-15,21H,8,11H2,1-7H3,(H,19,22,23)/t12-,14?,15+,18-/m0/s1. The maximum atomic E-state index is 12.4. The molecule has 1 saturated heterocycles. The lowest BCUT2D eigenvalue weighted by molar-refractivity contribution is -0.117. The lowest BCUT2D eigenvalue weighted by atomic mass is 9.85. The van der Waals surface area contributed by atoms with Crippen LogP contribution in [0.25, 0.3) is 0 Å². The molecular weight excluding hydrogens is 352 g/mol. The number of nitrogens with zero attached hydrogens (tertiary/aromatic N) is 1. The summed E-state index contributed by atoms with van der Waals surface area (Å²) >= 11 is 0. The number of rotatable bonds is 5. The van der Waals surface area contributed by atoms with Gasteiger partial charge in [0.05, 0.1) is 18.3 Å². The van der Waals surface area contributed by atoms with E-state index in [-0.39, 0.29) is 17.6 Å². The van der Waals surface area contributed by atoms with Crippen molar-refractivity contribution in [2.45, 2.75) is 77.1 Å². The van der Waals surface area contributed by atoms with Crippen molar-refractivity contribution >= 4 is 8.32 Å². The van der Waals surface area contributed by atoms with Gasteiger partial charge in [-0.1, -0.05) is 34.6 Å². The van der Waals surface area contributed by atoms with Crippen LogP contribution < -0.4 is 11.2 Å². The molecule has 0 aromatic carbocycles. The highest BCUT2D eigenvalue weighted by Crippen LogP contribution is 2.48. The summed E-state index contributed by atoms with van der Waals surface area (Å²) in [5.74, 6) is -0.115. The first-order chi connectivity index (χ1) is 11.9. The predicted octanol–water partition coefficient (Wildman–Crippen LogP) is 2.23. The van der Waals surface area contributed by atoms with E-state index in [0.29, 0.717) is 6.42 Å². The van der Waals surface area contributed by atoms with E-state index in [9.17, 15) is 14.7 Å². The van der Waals surface area contributed by atoms with E-state index in [1.54, 1.807) is 0 Å². The average molecular weight is 385 g/mol. The first-order valence-electron chi connectivity index (χ1n) is 9.16. The largest absolute Gasteiger partial charge is 0.409 e. The Morgan fingerprint density at radius 3 is 2.46 bits per heavy atom. The van der Waals surface area contributed by atoms with Crippen LogP contribution in [0.2, 0.25) is 18.1 Å². The molecule has 1 unspecified atom stereocenters. The quantitative estimate of drug-likeness (QED) is 0.759. The third-order valence-electron chi connectivity index (χ3n) is 6.19. The molecule has 148 valence electrons. The third kappa shape index (κ3) is 3.60. The summed E-state index contributed by atoms with van der Waals surface area (Å²) in [6.45, 7) is 14.5. The van der Waals surface area contributed by atoms with Crippen LogP contribution in [-0.4, -0.2) is 41.3 Å². The summed E-state index contributed by atoms with van der Waals surface area (Å²) in [5.41, 5.74) is -1.78. The molecule has 1 aromatic heterocycles. The lowest BCUT2D eigenvalue weighted by Gasteiger charge is -2.40. The highest BCUT2D eigenvalue weighted by atomic mass is 28.4. The van der Waals surface area contributed by atoms with Crippen LogP contribution in [0, 0.1) is 5.92 Å². The van der Waals surface area contributed by atoms with Crippen molar-refractivity contribution in [1.29, 1.82) is 0 Å². The minimum Gasteiger partial charge on any atom is -0.409 e. The van der Waals surface area contributed by atoms with Crippen LogP contribution in [-0.2, 0) is 9.16 Å². The number of hydrogen-bond acceptors (Lipinski definition) is 5. The zero-order valence-corrected chi connectivity index (χ0v) is 17.8. The second-order valence-corrected chi connectivity index (χ2v) is 13.5. The third-order valence-corrected chi connectivity index (χ3v) is 10.7. The maximum absolute atomic E-state index is 12.4. The fraction of sp³-hybridized carbons (Fsp3) is 0.778. The number of aliphatic hydroxyl groups excluding tert-OH is 1. The molecule has 0 amide bonds. The fourth-order valence-electron chi connectivity index (χ4n) is 3.18. The highest BCUT2D eigenvalue weighted by Gasteiger charge is 2.55. The van der Waals surface area contributed by atoms with E-state index in [1.807, 2.05) is 13.8 Å². The van der Waals surface area contributed by atoms with E-state index in [1.165, 1.54) is 16.8 Å². The van der Waals surface area contributed by atoms with E-state index >= 15 is 0 Å². The zero-order chi connectivity index (χ0) is 19.9. The van der Waals surface area contributed by atoms with Crippen LogP contribution in [0.3, 0.4) is 0 Å². The van der Waals surface area contributed by atoms with E-state index in [2.05, 4.69) is 38.8 Å². The zero-order valence-electron chi connectivity index (χ0n) is 16.8. The van der Waals surface area contributed by atoms with Gasteiger partial charge in [0.2, 0.25) is 0 Å².